The Morgan fingerprint density at radius 2 is 1.88 bits per heavy atom. The number of alkyl halides is 1. The average Bonchev–Trinajstić information content (AvgIpc) is 3.23. The fraction of sp³-hybridized carbons (Fsp3) is 0.469. The summed E-state index contributed by atoms with van der Waals surface area (Å²) in [4.78, 5) is 18.4. The van der Waals surface area contributed by atoms with Crippen LogP contribution in [0.4, 0.5) is 13.2 Å². The molecule has 1 aromatic heterocycles. The molecule has 1 amide bonds. The molecule has 3 aromatic rings. The highest BCUT2D eigenvalue weighted by atomic mass is 19.1. The topological polar surface area (TPSA) is 60.6 Å². The average molecular weight is 569 g/mol. The van der Waals surface area contributed by atoms with E-state index in [1.165, 1.54) is 37.0 Å². The number of aromatic nitrogens is 1. The summed E-state index contributed by atoms with van der Waals surface area (Å²) in [5, 5.41) is 4.35. The minimum absolute atomic E-state index is 0.0275. The Labute approximate surface area is 239 Å². The first kappa shape index (κ1) is 29.2. The molecule has 2 N–H and O–H groups in total. The number of likely N-dealkylation sites (N-methyl/N-ethyl adjacent to an activating group) is 1. The van der Waals surface area contributed by atoms with Gasteiger partial charge in [-0.3, -0.25) is 9.69 Å². The predicted molar refractivity (Wildman–Crippen MR) is 155 cm³/mol. The smallest absolute Gasteiger partial charge is 0.245 e. The van der Waals surface area contributed by atoms with Crippen LogP contribution < -0.4 is 10.1 Å². The molecule has 5 rings (SSSR count). The molecule has 41 heavy (non-hydrogen) atoms. The van der Waals surface area contributed by atoms with E-state index < -0.39 is 23.3 Å². The first-order valence-electron chi connectivity index (χ1n) is 14.2. The molecule has 9 heteroatoms. The number of benzene rings is 2. The number of halogens is 3. The number of carbonyl (C=O) groups is 1. The number of hydrogen-bond acceptors (Lipinski definition) is 4. The quantitative estimate of drug-likeness (QED) is 0.327. The summed E-state index contributed by atoms with van der Waals surface area (Å²) in [5.74, 6) is -1.36. The second-order valence-corrected chi connectivity index (χ2v) is 12.2. The van der Waals surface area contributed by atoms with Gasteiger partial charge in [0.1, 0.15) is 29.2 Å². The molecule has 1 saturated carbocycles. The monoisotopic (exact) mass is 568 g/mol. The number of nitrogens with one attached hydrogen (secondary N) is 2. The van der Waals surface area contributed by atoms with Crippen LogP contribution in [-0.2, 0) is 11.2 Å². The van der Waals surface area contributed by atoms with Crippen LogP contribution in [0.1, 0.15) is 56.5 Å². The van der Waals surface area contributed by atoms with Gasteiger partial charge in [0.05, 0.1) is 6.04 Å². The van der Waals surface area contributed by atoms with Crippen molar-refractivity contribution in [2.24, 2.45) is 0 Å². The first-order valence-corrected chi connectivity index (χ1v) is 14.2. The van der Waals surface area contributed by atoms with Gasteiger partial charge in [0.15, 0.2) is 0 Å². The highest BCUT2D eigenvalue weighted by molar-refractivity contribution is 5.87. The normalized spacial score (nSPS) is 23.0. The summed E-state index contributed by atoms with van der Waals surface area (Å²) < 4.78 is 52.6. The number of amides is 1. The molecule has 6 nitrogen and oxygen atoms in total. The molecule has 1 aliphatic heterocycles. The maximum absolute atomic E-state index is 15.8. The van der Waals surface area contributed by atoms with Crippen LogP contribution in [0.2, 0.25) is 0 Å². The van der Waals surface area contributed by atoms with E-state index >= 15 is 8.78 Å². The van der Waals surface area contributed by atoms with Gasteiger partial charge in [0.2, 0.25) is 5.91 Å². The largest absolute Gasteiger partial charge is 0.490 e. The van der Waals surface area contributed by atoms with Gasteiger partial charge in [-0.05, 0) is 51.7 Å². The van der Waals surface area contributed by atoms with Gasteiger partial charge in [0.25, 0.3) is 0 Å². The molecule has 0 unspecified atom stereocenters. The molecule has 1 aliphatic carbocycles. The lowest BCUT2D eigenvalue weighted by Crippen LogP contribution is -2.48. The van der Waals surface area contributed by atoms with E-state index in [4.69, 9.17) is 4.74 Å². The summed E-state index contributed by atoms with van der Waals surface area (Å²) in [6, 6.07) is 9.57. The van der Waals surface area contributed by atoms with E-state index in [1.54, 1.807) is 20.2 Å². The first-order chi connectivity index (χ1) is 19.4. The minimum Gasteiger partial charge on any atom is -0.490 e. The Kier molecular flexibility index (Phi) is 8.21. The molecule has 2 aliphatic rings. The van der Waals surface area contributed by atoms with Crippen molar-refractivity contribution in [1.29, 1.82) is 0 Å². The van der Waals surface area contributed by atoms with E-state index in [-0.39, 0.29) is 42.0 Å². The van der Waals surface area contributed by atoms with Crippen LogP contribution in [0.3, 0.4) is 0 Å². The molecule has 0 radical (unpaired) electrons. The van der Waals surface area contributed by atoms with Gasteiger partial charge in [-0.1, -0.05) is 24.3 Å². The third kappa shape index (κ3) is 6.31. The van der Waals surface area contributed by atoms with Gasteiger partial charge in [-0.15, -0.1) is 0 Å². The molecule has 2 aromatic carbocycles. The van der Waals surface area contributed by atoms with Crippen molar-refractivity contribution in [3.05, 3.63) is 77.0 Å². The molecule has 0 saturated heterocycles. The van der Waals surface area contributed by atoms with E-state index in [0.29, 0.717) is 31.5 Å². The fourth-order valence-corrected chi connectivity index (χ4v) is 5.95. The zero-order chi connectivity index (χ0) is 29.5. The summed E-state index contributed by atoms with van der Waals surface area (Å²) in [7, 11) is 3.39. The molecule has 1 fully saturated rings. The summed E-state index contributed by atoms with van der Waals surface area (Å²) in [5.41, 5.74) is 0.949. The lowest BCUT2D eigenvalue weighted by Gasteiger charge is -2.43. The number of ether oxygens (including phenoxy) is 1. The number of para-hydroxylation sites is 1. The fourth-order valence-electron chi connectivity index (χ4n) is 5.95. The number of hydrogen-bond donors (Lipinski definition) is 2. The zero-order valence-electron chi connectivity index (χ0n) is 24.3. The van der Waals surface area contributed by atoms with E-state index in [1.807, 2.05) is 36.1 Å². The van der Waals surface area contributed by atoms with Crippen molar-refractivity contribution in [3.63, 3.8) is 0 Å². The highest BCUT2D eigenvalue weighted by Gasteiger charge is 2.41. The Morgan fingerprint density at radius 1 is 1.20 bits per heavy atom. The number of H-pyrrole nitrogens is 1. The minimum atomic E-state index is -1.56. The van der Waals surface area contributed by atoms with E-state index in [2.05, 4.69) is 10.3 Å². The van der Waals surface area contributed by atoms with Gasteiger partial charge in [-0.2, -0.15) is 0 Å². The second kappa shape index (κ2) is 11.5. The molecule has 2 atom stereocenters. The van der Waals surface area contributed by atoms with Crippen LogP contribution in [0.25, 0.3) is 10.9 Å². The van der Waals surface area contributed by atoms with Crippen LogP contribution in [-0.4, -0.2) is 71.7 Å². The predicted octanol–water partition coefficient (Wildman–Crippen LogP) is 5.67. The maximum atomic E-state index is 15.8. The van der Waals surface area contributed by atoms with Crippen molar-refractivity contribution in [1.82, 2.24) is 20.1 Å². The lowest BCUT2D eigenvalue weighted by atomic mass is 9.87. The van der Waals surface area contributed by atoms with Crippen LogP contribution >= 0.6 is 0 Å². The van der Waals surface area contributed by atoms with Gasteiger partial charge in [0, 0.05) is 79.6 Å². The Morgan fingerprint density at radius 3 is 2.54 bits per heavy atom. The van der Waals surface area contributed by atoms with E-state index in [0.717, 1.165) is 16.5 Å². The molecule has 0 bridgehead atoms. The van der Waals surface area contributed by atoms with Crippen molar-refractivity contribution in [2.75, 3.05) is 27.2 Å². The zero-order valence-corrected chi connectivity index (χ0v) is 24.3. The number of rotatable bonds is 9. The van der Waals surface area contributed by atoms with Gasteiger partial charge < -0.3 is 19.9 Å². The van der Waals surface area contributed by atoms with Crippen LogP contribution in [0.5, 0.6) is 5.75 Å². The molecule has 220 valence electrons. The molecular formula is C32H39F3N4O2. The Bertz CT molecular complexity index is 1420. The number of fused-ring (bicyclic) bond motifs is 3. The highest BCUT2D eigenvalue weighted by Crippen LogP contribution is 2.44. The molecular weight excluding hydrogens is 529 g/mol. The SMILES string of the molecule is C[C@@H]1Cc2c([nH]c3ccccc23)[C@@H](c2c(F)cc(OC3CC(NC/C=C/C(=O)N(C)C)C3)cc2F)N1CC(C)(C)F. The van der Waals surface area contributed by atoms with Gasteiger partial charge >= 0.3 is 0 Å². The maximum Gasteiger partial charge on any atom is 0.245 e. The summed E-state index contributed by atoms with van der Waals surface area (Å²) >= 11 is 0. The number of nitrogens with zero attached hydrogens (tertiary/aromatic N) is 2. The third-order valence-corrected chi connectivity index (χ3v) is 8.03. The van der Waals surface area contributed by atoms with Crippen LogP contribution in [0.15, 0.2) is 48.6 Å². The standard InChI is InChI=1S/C32H39F3N4O2/c1-19-13-24-23-9-6-7-10-27(23)37-30(24)31(39(19)18-32(2,3)35)29-25(33)16-22(17-26(29)34)41-21-14-20(15-21)36-12-8-11-28(40)38(4)5/h6-11,16-17,19-21,31,36-37H,12-15,18H2,1-5H3/b11-8+/t19-,20?,21?,31-/m1/s1. The van der Waals surface area contributed by atoms with E-state index in [9.17, 15) is 9.18 Å². The lowest BCUT2D eigenvalue weighted by molar-refractivity contribution is -0.123. The van der Waals surface area contributed by atoms with Crippen molar-refractivity contribution >= 4 is 16.8 Å². The molecule has 2 heterocycles. The van der Waals surface area contributed by atoms with Crippen molar-refractivity contribution in [3.8, 4) is 5.75 Å². The molecule has 0 spiro atoms. The van der Waals surface area contributed by atoms with Crippen molar-refractivity contribution in [2.45, 2.75) is 69.9 Å². The van der Waals surface area contributed by atoms with Gasteiger partial charge in [-0.25, -0.2) is 13.2 Å². The summed E-state index contributed by atoms with van der Waals surface area (Å²) in [6.45, 7) is 5.53. The number of aromatic amines is 1. The second-order valence-electron chi connectivity index (χ2n) is 12.2. The third-order valence-electron chi connectivity index (χ3n) is 8.03. The Balaban J connectivity index is 1.34. The number of carbonyl (C=O) groups excluding carboxylic acids is 1. The van der Waals surface area contributed by atoms with Crippen LogP contribution in [0, 0.1) is 11.6 Å². The van der Waals surface area contributed by atoms with Crippen molar-refractivity contribution < 1.29 is 22.7 Å². The Hall–Kier alpha value is -3.30. The summed E-state index contributed by atoms with van der Waals surface area (Å²) in [6.07, 6.45) is 5.17.